The van der Waals surface area contributed by atoms with Gasteiger partial charge in [-0.1, -0.05) is 13.8 Å². The Hall–Kier alpha value is -1.42. The lowest BCUT2D eigenvalue weighted by molar-refractivity contribution is -0.117. The monoisotopic (exact) mass is 264 g/mol. The highest BCUT2D eigenvalue weighted by atomic mass is 16.5. The molecule has 0 unspecified atom stereocenters. The van der Waals surface area contributed by atoms with Crippen LogP contribution < -0.4 is 5.32 Å². The largest absolute Gasteiger partial charge is 0.381 e. The molecule has 0 radical (unpaired) electrons. The molecule has 0 atom stereocenters. The summed E-state index contributed by atoms with van der Waals surface area (Å²) < 4.78 is 5.41. The predicted molar refractivity (Wildman–Crippen MR) is 77.4 cm³/mol. The maximum atomic E-state index is 11.8. The molecule has 0 saturated carbocycles. The average Bonchev–Trinajstić information content (AvgIpc) is 2.29. The van der Waals surface area contributed by atoms with E-state index in [2.05, 4.69) is 24.1 Å². The minimum absolute atomic E-state index is 0.0272. The molecule has 1 heterocycles. The molecule has 106 valence electrons. The number of nitrogens with zero attached hydrogens (tertiary/aromatic N) is 1. The second kappa shape index (κ2) is 7.24. The van der Waals surface area contributed by atoms with Crippen molar-refractivity contribution >= 4 is 11.6 Å². The predicted octanol–water partition coefficient (Wildman–Crippen LogP) is 3.01. The first-order chi connectivity index (χ1) is 8.90. The number of hydrogen-bond acceptors (Lipinski definition) is 3. The highest BCUT2D eigenvalue weighted by Gasteiger charge is 2.09. The van der Waals surface area contributed by atoms with Gasteiger partial charge in [-0.05, 0) is 38.3 Å². The molecule has 4 nitrogen and oxygen atoms in total. The number of nitrogens with one attached hydrogen (secondary N) is 1. The maximum absolute atomic E-state index is 11.8. The smallest absolute Gasteiger partial charge is 0.226 e. The number of carbonyl (C=O) groups excluding carboxylic acids is 1. The number of anilines is 1. The van der Waals surface area contributed by atoms with E-state index >= 15 is 0 Å². The summed E-state index contributed by atoms with van der Waals surface area (Å²) >= 11 is 0. The van der Waals surface area contributed by atoms with Crippen LogP contribution in [0.4, 0.5) is 5.69 Å². The summed E-state index contributed by atoms with van der Waals surface area (Å²) in [4.78, 5) is 16.2. The molecule has 0 aliphatic carbocycles. The van der Waals surface area contributed by atoms with Gasteiger partial charge in [0.25, 0.3) is 0 Å². The van der Waals surface area contributed by atoms with Crippen LogP contribution in [0, 0.1) is 26.7 Å². The molecule has 0 aliphatic heterocycles. The first kappa shape index (κ1) is 15.6. The fourth-order valence-electron chi connectivity index (χ4n) is 1.90. The van der Waals surface area contributed by atoms with Crippen molar-refractivity contribution in [2.24, 2.45) is 5.92 Å². The zero-order chi connectivity index (χ0) is 14.4. The van der Waals surface area contributed by atoms with Crippen molar-refractivity contribution in [3.8, 4) is 0 Å². The Morgan fingerprint density at radius 3 is 2.63 bits per heavy atom. The third kappa shape index (κ3) is 5.39. The van der Waals surface area contributed by atoms with E-state index in [0.717, 1.165) is 22.6 Å². The molecule has 0 fully saturated rings. The minimum Gasteiger partial charge on any atom is -0.381 e. The molecule has 1 N–H and O–H groups in total. The zero-order valence-corrected chi connectivity index (χ0v) is 12.5. The number of ether oxygens (including phenoxy) is 1. The molecular weight excluding hydrogens is 240 g/mol. The molecule has 1 amide bonds. The van der Waals surface area contributed by atoms with E-state index in [9.17, 15) is 4.79 Å². The molecule has 0 aromatic carbocycles. The van der Waals surface area contributed by atoms with Gasteiger partial charge < -0.3 is 10.1 Å². The second-order valence-electron chi connectivity index (χ2n) is 5.31. The van der Waals surface area contributed by atoms with Crippen molar-refractivity contribution in [1.82, 2.24) is 4.98 Å². The van der Waals surface area contributed by atoms with Crippen molar-refractivity contribution in [2.45, 2.75) is 41.0 Å². The number of aromatic nitrogens is 1. The Bertz CT molecular complexity index is 419. The van der Waals surface area contributed by atoms with Crippen LogP contribution in [0.25, 0.3) is 0 Å². The second-order valence-corrected chi connectivity index (χ2v) is 5.31. The maximum Gasteiger partial charge on any atom is 0.226 e. The first-order valence-corrected chi connectivity index (χ1v) is 6.72. The van der Waals surface area contributed by atoms with Gasteiger partial charge in [0.2, 0.25) is 5.91 Å². The van der Waals surface area contributed by atoms with Crippen LogP contribution in [0.5, 0.6) is 0 Å². The van der Waals surface area contributed by atoms with Crippen molar-refractivity contribution in [1.29, 1.82) is 0 Å². The molecule has 19 heavy (non-hydrogen) atoms. The van der Waals surface area contributed by atoms with Crippen LogP contribution in [0.3, 0.4) is 0 Å². The van der Waals surface area contributed by atoms with Crippen LogP contribution in [-0.2, 0) is 9.53 Å². The third-order valence-corrected chi connectivity index (χ3v) is 2.71. The van der Waals surface area contributed by atoms with E-state index in [4.69, 9.17) is 4.74 Å². The van der Waals surface area contributed by atoms with Crippen molar-refractivity contribution in [2.75, 3.05) is 18.5 Å². The molecule has 0 bridgehead atoms. The van der Waals surface area contributed by atoms with Crippen LogP contribution in [0.15, 0.2) is 6.07 Å². The highest BCUT2D eigenvalue weighted by molar-refractivity contribution is 5.92. The van der Waals surface area contributed by atoms with E-state index in [0.29, 0.717) is 25.6 Å². The Morgan fingerprint density at radius 2 is 2.05 bits per heavy atom. The van der Waals surface area contributed by atoms with E-state index in [1.165, 1.54) is 0 Å². The number of hydrogen-bond donors (Lipinski definition) is 1. The van der Waals surface area contributed by atoms with Crippen LogP contribution >= 0.6 is 0 Å². The Morgan fingerprint density at radius 1 is 1.37 bits per heavy atom. The summed E-state index contributed by atoms with van der Waals surface area (Å²) in [5.41, 5.74) is 3.68. The first-order valence-electron chi connectivity index (χ1n) is 6.72. The summed E-state index contributed by atoms with van der Waals surface area (Å²) in [5.74, 6) is 0.467. The van der Waals surface area contributed by atoms with E-state index in [-0.39, 0.29) is 5.91 Å². The van der Waals surface area contributed by atoms with Gasteiger partial charge in [0.15, 0.2) is 0 Å². The Kier molecular flexibility index (Phi) is 5.96. The summed E-state index contributed by atoms with van der Waals surface area (Å²) in [7, 11) is 0. The fraction of sp³-hybridized carbons (Fsp3) is 0.600. The van der Waals surface area contributed by atoms with Crippen LogP contribution in [0.2, 0.25) is 0 Å². The fourth-order valence-corrected chi connectivity index (χ4v) is 1.90. The summed E-state index contributed by atoms with van der Waals surface area (Å²) in [5, 5.41) is 2.91. The summed E-state index contributed by atoms with van der Waals surface area (Å²) in [6.45, 7) is 11.2. The lowest BCUT2D eigenvalue weighted by atomic mass is 10.1. The van der Waals surface area contributed by atoms with Gasteiger partial charge in [-0.25, -0.2) is 0 Å². The zero-order valence-electron chi connectivity index (χ0n) is 12.5. The molecule has 1 rings (SSSR count). The Balaban J connectivity index is 2.49. The molecule has 1 aromatic rings. The molecule has 0 saturated heterocycles. The minimum atomic E-state index is -0.0272. The van der Waals surface area contributed by atoms with Gasteiger partial charge in [-0.3, -0.25) is 9.78 Å². The molecule has 1 aromatic heterocycles. The van der Waals surface area contributed by atoms with Crippen molar-refractivity contribution < 1.29 is 9.53 Å². The average molecular weight is 264 g/mol. The van der Waals surface area contributed by atoms with Gasteiger partial charge in [0, 0.05) is 12.3 Å². The number of carbonyl (C=O) groups is 1. The van der Waals surface area contributed by atoms with E-state index in [1.54, 1.807) is 0 Å². The van der Waals surface area contributed by atoms with Gasteiger partial charge in [-0.15, -0.1) is 0 Å². The molecule has 4 heteroatoms. The quantitative estimate of drug-likeness (QED) is 0.804. The number of aryl methyl sites for hydroxylation is 3. The highest BCUT2D eigenvalue weighted by Crippen LogP contribution is 2.19. The van der Waals surface area contributed by atoms with Gasteiger partial charge in [-0.2, -0.15) is 0 Å². The van der Waals surface area contributed by atoms with Gasteiger partial charge in [0.05, 0.1) is 24.4 Å². The molecular formula is C15H24N2O2. The van der Waals surface area contributed by atoms with Gasteiger partial charge in [0.1, 0.15) is 0 Å². The topological polar surface area (TPSA) is 51.2 Å². The third-order valence-electron chi connectivity index (χ3n) is 2.71. The number of pyridine rings is 1. The SMILES string of the molecule is Cc1cc(C)c(NC(=O)CCOCC(C)C)c(C)n1. The van der Waals surface area contributed by atoms with Crippen LogP contribution in [0.1, 0.15) is 37.2 Å². The van der Waals surface area contributed by atoms with Gasteiger partial charge >= 0.3 is 0 Å². The standard InChI is InChI=1S/C15H24N2O2/c1-10(2)9-19-7-6-14(18)17-15-11(3)8-12(4)16-13(15)5/h8,10H,6-7,9H2,1-5H3,(H,17,18). The van der Waals surface area contributed by atoms with E-state index in [1.807, 2.05) is 26.8 Å². The van der Waals surface area contributed by atoms with Crippen LogP contribution in [-0.4, -0.2) is 24.1 Å². The summed E-state index contributed by atoms with van der Waals surface area (Å²) in [6.07, 6.45) is 0.374. The number of rotatable bonds is 6. The molecule has 0 aliphatic rings. The molecule has 0 spiro atoms. The van der Waals surface area contributed by atoms with Crippen molar-refractivity contribution in [3.05, 3.63) is 23.0 Å². The van der Waals surface area contributed by atoms with E-state index < -0.39 is 0 Å². The Labute approximate surface area is 115 Å². The lowest BCUT2D eigenvalue weighted by Gasteiger charge is -2.12. The summed E-state index contributed by atoms with van der Waals surface area (Å²) in [6, 6.07) is 1.97. The lowest BCUT2D eigenvalue weighted by Crippen LogP contribution is -2.17. The normalized spacial score (nSPS) is 10.8. The number of amides is 1. The van der Waals surface area contributed by atoms with Crippen molar-refractivity contribution in [3.63, 3.8) is 0 Å².